The van der Waals surface area contributed by atoms with Crippen LogP contribution in [-0.4, -0.2) is 31.6 Å². The molecule has 5 rings (SSSR count). The van der Waals surface area contributed by atoms with Crippen LogP contribution in [0.3, 0.4) is 0 Å². The summed E-state index contributed by atoms with van der Waals surface area (Å²) < 4.78 is 1.40. The molecule has 0 spiro atoms. The number of nitrogens with zero attached hydrogens (tertiary/aromatic N) is 2. The van der Waals surface area contributed by atoms with E-state index in [2.05, 4.69) is 71.6 Å². The lowest BCUT2D eigenvalue weighted by Crippen LogP contribution is -2.35. The third-order valence-electron chi connectivity index (χ3n) is 6.63. The van der Waals surface area contributed by atoms with E-state index in [1.54, 1.807) is 0 Å². The number of likely N-dealkylation sites (N-methyl/N-ethyl adjacent to an activating group) is 1. The molecule has 0 bridgehead atoms. The number of thiophene rings is 1. The quantitative estimate of drug-likeness (QED) is 0.539. The van der Waals surface area contributed by atoms with E-state index in [0.717, 1.165) is 6.54 Å². The predicted octanol–water partition coefficient (Wildman–Crippen LogP) is 6.03. The Morgan fingerprint density at radius 3 is 2.63 bits per heavy atom. The molecule has 27 heavy (non-hydrogen) atoms. The molecule has 1 saturated heterocycles. The fourth-order valence-corrected chi connectivity index (χ4v) is 5.68. The molecule has 0 saturated carbocycles. The number of hydrogen-bond donors (Lipinski definition) is 0. The minimum absolute atomic E-state index is 0.461. The zero-order valence-corrected chi connectivity index (χ0v) is 17.1. The molecule has 0 amide bonds. The number of anilines is 1. The monoisotopic (exact) mass is 376 g/mol. The van der Waals surface area contributed by atoms with Gasteiger partial charge in [0.1, 0.15) is 0 Å². The number of hydrogen-bond acceptors (Lipinski definition) is 3. The minimum atomic E-state index is 0.461. The van der Waals surface area contributed by atoms with Crippen molar-refractivity contribution in [3.8, 4) is 0 Å². The summed E-state index contributed by atoms with van der Waals surface area (Å²) in [5.74, 6) is 0.461. The summed E-state index contributed by atoms with van der Waals surface area (Å²) in [7, 11) is 2.28. The largest absolute Gasteiger partial charge is 0.372 e. The van der Waals surface area contributed by atoms with Crippen molar-refractivity contribution in [2.45, 2.75) is 38.1 Å². The van der Waals surface area contributed by atoms with Crippen LogP contribution >= 0.6 is 11.3 Å². The molecule has 3 heterocycles. The molecule has 2 atom stereocenters. The van der Waals surface area contributed by atoms with Gasteiger partial charge in [-0.05, 0) is 85.0 Å². The van der Waals surface area contributed by atoms with Gasteiger partial charge in [-0.1, -0.05) is 18.2 Å². The lowest BCUT2D eigenvalue weighted by Gasteiger charge is -2.39. The van der Waals surface area contributed by atoms with Crippen LogP contribution in [0, 0.1) is 0 Å². The lowest BCUT2D eigenvalue weighted by molar-refractivity contribution is 0.234. The Labute approximate surface area is 166 Å². The summed E-state index contributed by atoms with van der Waals surface area (Å²) in [5.41, 5.74) is 5.92. The van der Waals surface area contributed by atoms with Crippen LogP contribution in [0.2, 0.25) is 0 Å². The zero-order chi connectivity index (χ0) is 18.4. The average Bonchev–Trinajstić information content (AvgIpc) is 3.19. The van der Waals surface area contributed by atoms with Crippen LogP contribution in [0.4, 0.5) is 5.69 Å². The van der Waals surface area contributed by atoms with Crippen molar-refractivity contribution in [1.29, 1.82) is 0 Å². The Morgan fingerprint density at radius 1 is 0.926 bits per heavy atom. The molecule has 0 radical (unpaired) electrons. The van der Waals surface area contributed by atoms with Gasteiger partial charge in [-0.2, -0.15) is 0 Å². The van der Waals surface area contributed by atoms with Gasteiger partial charge in [0.05, 0.1) is 0 Å². The van der Waals surface area contributed by atoms with Crippen molar-refractivity contribution in [3.63, 3.8) is 0 Å². The van der Waals surface area contributed by atoms with E-state index < -0.39 is 0 Å². The van der Waals surface area contributed by atoms with E-state index in [1.165, 1.54) is 64.8 Å². The summed E-state index contributed by atoms with van der Waals surface area (Å²) in [5, 5.41) is 3.56. The third-order valence-corrected chi connectivity index (χ3v) is 7.51. The Hall–Kier alpha value is -1.84. The highest BCUT2D eigenvalue weighted by Crippen LogP contribution is 2.41. The number of fused-ring (bicyclic) bond motifs is 2. The fourth-order valence-electron chi connectivity index (χ4n) is 4.85. The van der Waals surface area contributed by atoms with Crippen molar-refractivity contribution in [2.24, 2.45) is 0 Å². The first-order valence-corrected chi connectivity index (χ1v) is 11.1. The van der Waals surface area contributed by atoms with Crippen molar-refractivity contribution < 1.29 is 0 Å². The molecule has 1 fully saturated rings. The molecular weight excluding hydrogens is 348 g/mol. The highest BCUT2D eigenvalue weighted by Gasteiger charge is 2.30. The standard InChI is InChI=1S/C24H28N2S/c1-17-22-15-20(26-11-4-3-5-12-26)8-9-21(22)23(16-25(17)2)19-7-6-18-10-13-27-24(18)14-19/h6-10,13-15,17,23H,3-5,11-12,16H2,1-2H3. The topological polar surface area (TPSA) is 6.48 Å². The molecule has 2 aromatic carbocycles. The van der Waals surface area contributed by atoms with Crippen LogP contribution in [-0.2, 0) is 0 Å². The van der Waals surface area contributed by atoms with Gasteiger partial charge >= 0.3 is 0 Å². The Kier molecular flexibility index (Phi) is 4.45. The van der Waals surface area contributed by atoms with Gasteiger partial charge in [-0.3, -0.25) is 4.90 Å². The van der Waals surface area contributed by atoms with E-state index in [-0.39, 0.29) is 0 Å². The summed E-state index contributed by atoms with van der Waals surface area (Å²) in [6, 6.07) is 17.0. The normalized spacial score (nSPS) is 23.6. The van der Waals surface area contributed by atoms with Gasteiger partial charge < -0.3 is 4.90 Å². The number of benzene rings is 2. The number of piperidine rings is 1. The predicted molar refractivity (Wildman–Crippen MR) is 117 cm³/mol. The molecule has 2 aliphatic heterocycles. The van der Waals surface area contributed by atoms with Crippen molar-refractivity contribution in [1.82, 2.24) is 4.90 Å². The van der Waals surface area contributed by atoms with Crippen molar-refractivity contribution >= 4 is 27.1 Å². The number of rotatable bonds is 2. The van der Waals surface area contributed by atoms with Gasteiger partial charge in [0.25, 0.3) is 0 Å². The summed E-state index contributed by atoms with van der Waals surface area (Å²) in [4.78, 5) is 5.10. The molecule has 2 unspecified atom stereocenters. The first-order valence-electron chi connectivity index (χ1n) is 10.3. The first kappa shape index (κ1) is 17.3. The van der Waals surface area contributed by atoms with E-state index >= 15 is 0 Å². The van der Waals surface area contributed by atoms with Crippen molar-refractivity contribution in [3.05, 3.63) is 64.5 Å². The van der Waals surface area contributed by atoms with Gasteiger partial charge in [0.15, 0.2) is 0 Å². The maximum Gasteiger partial charge on any atom is 0.0369 e. The van der Waals surface area contributed by atoms with Crippen LogP contribution in [0.1, 0.15) is 54.8 Å². The van der Waals surface area contributed by atoms with Crippen LogP contribution in [0.5, 0.6) is 0 Å². The Balaban J connectivity index is 1.56. The third kappa shape index (κ3) is 3.07. The maximum absolute atomic E-state index is 2.58. The second-order valence-corrected chi connectivity index (χ2v) is 9.19. The maximum atomic E-state index is 2.58. The molecule has 140 valence electrons. The molecule has 0 aliphatic carbocycles. The molecular formula is C24H28N2S. The van der Waals surface area contributed by atoms with Gasteiger partial charge in [-0.15, -0.1) is 11.3 Å². The van der Waals surface area contributed by atoms with Crippen LogP contribution in [0.25, 0.3) is 10.1 Å². The van der Waals surface area contributed by atoms with Gasteiger partial charge in [0, 0.05) is 42.0 Å². The van der Waals surface area contributed by atoms with E-state index in [1.807, 2.05) is 11.3 Å². The van der Waals surface area contributed by atoms with E-state index in [9.17, 15) is 0 Å². The SMILES string of the molecule is CC1c2cc(N3CCCCC3)ccc2C(c2ccc3ccsc3c2)CN1C. The highest BCUT2D eigenvalue weighted by atomic mass is 32.1. The second-order valence-electron chi connectivity index (χ2n) is 8.25. The smallest absolute Gasteiger partial charge is 0.0369 e. The highest BCUT2D eigenvalue weighted by molar-refractivity contribution is 7.17. The molecule has 3 aromatic rings. The molecule has 3 heteroatoms. The second kappa shape index (κ2) is 6.96. The Bertz CT molecular complexity index is 954. The van der Waals surface area contributed by atoms with E-state index in [4.69, 9.17) is 0 Å². The van der Waals surface area contributed by atoms with E-state index in [0.29, 0.717) is 12.0 Å². The molecule has 1 aromatic heterocycles. The molecule has 2 nitrogen and oxygen atoms in total. The Morgan fingerprint density at radius 2 is 1.78 bits per heavy atom. The summed E-state index contributed by atoms with van der Waals surface area (Å²) >= 11 is 1.85. The summed E-state index contributed by atoms with van der Waals surface area (Å²) in [6.45, 7) is 5.87. The first-order chi connectivity index (χ1) is 13.2. The zero-order valence-electron chi connectivity index (χ0n) is 16.3. The van der Waals surface area contributed by atoms with Crippen LogP contribution < -0.4 is 4.90 Å². The minimum Gasteiger partial charge on any atom is -0.372 e. The molecule has 2 aliphatic rings. The average molecular weight is 377 g/mol. The van der Waals surface area contributed by atoms with Gasteiger partial charge in [-0.25, -0.2) is 0 Å². The summed E-state index contributed by atoms with van der Waals surface area (Å²) in [6.07, 6.45) is 4.04. The lowest BCUT2D eigenvalue weighted by atomic mass is 9.81. The van der Waals surface area contributed by atoms with Crippen molar-refractivity contribution in [2.75, 3.05) is 31.6 Å². The fraction of sp³-hybridized carbons (Fsp3) is 0.417. The van der Waals surface area contributed by atoms with Crippen LogP contribution in [0.15, 0.2) is 47.8 Å². The van der Waals surface area contributed by atoms with Gasteiger partial charge in [0.2, 0.25) is 0 Å². The molecule has 0 N–H and O–H groups in total.